The molecule has 7 heteroatoms. The predicted octanol–water partition coefficient (Wildman–Crippen LogP) is -1.95. The first-order valence-electron chi connectivity index (χ1n) is 3.54. The lowest BCUT2D eigenvalue weighted by Gasteiger charge is -2.13. The monoisotopic (exact) mass is 191 g/mol. The molecule has 0 bridgehead atoms. The van der Waals surface area contributed by atoms with E-state index in [1.165, 1.54) is 0 Å². The van der Waals surface area contributed by atoms with Gasteiger partial charge in [0.05, 0.1) is 23.6 Å². The van der Waals surface area contributed by atoms with Gasteiger partial charge in [-0.15, -0.1) is 0 Å². The first-order chi connectivity index (χ1) is 5.49. The van der Waals surface area contributed by atoms with E-state index in [1.807, 2.05) is 0 Å². The molecule has 12 heavy (non-hydrogen) atoms. The van der Waals surface area contributed by atoms with Gasteiger partial charge in [0.2, 0.25) is 0 Å². The van der Waals surface area contributed by atoms with Crippen LogP contribution in [0.4, 0.5) is 4.79 Å². The van der Waals surface area contributed by atoms with Crippen LogP contribution in [0, 0.1) is 0 Å². The van der Waals surface area contributed by atoms with Crippen LogP contribution in [0.15, 0.2) is 0 Å². The van der Waals surface area contributed by atoms with Crippen LogP contribution >= 0.6 is 0 Å². The quantitative estimate of drug-likeness (QED) is 0.264. The fourth-order valence-corrected chi connectivity index (χ4v) is 3.53. The Hall–Kier alpha value is -0.820. The highest BCUT2D eigenvalue weighted by molar-refractivity contribution is 7.91. The minimum absolute atomic E-state index is 0.0110. The molecule has 6 nitrogen and oxygen atoms in total. The van der Waals surface area contributed by atoms with Crippen LogP contribution in [-0.4, -0.2) is 43.0 Å². The van der Waals surface area contributed by atoms with E-state index in [0.717, 1.165) is 5.01 Å². The number of hydrazine groups is 1. The lowest BCUT2D eigenvalue weighted by atomic mass is 10.2. The van der Waals surface area contributed by atoms with Gasteiger partial charge in [-0.05, 0) is 0 Å². The molecule has 0 aromatic carbocycles. The van der Waals surface area contributed by atoms with E-state index in [1.54, 1.807) is 0 Å². The molecule has 2 aliphatic heterocycles. The van der Waals surface area contributed by atoms with Gasteiger partial charge in [0.15, 0.2) is 9.84 Å². The van der Waals surface area contributed by atoms with Crippen LogP contribution in [0.3, 0.4) is 0 Å². The smallest absolute Gasteiger partial charge is 0.331 e. The number of nitrogens with zero attached hydrogens (tertiary/aromatic N) is 1. The maximum atomic E-state index is 11.1. The van der Waals surface area contributed by atoms with Crippen molar-refractivity contribution in [1.82, 2.24) is 10.3 Å². The average molecular weight is 191 g/mol. The van der Waals surface area contributed by atoms with Gasteiger partial charge in [-0.3, -0.25) is 5.01 Å². The molecular weight excluding hydrogens is 182 g/mol. The molecule has 2 aliphatic rings. The Kier molecular flexibility index (Phi) is 1.37. The molecule has 2 amide bonds. The van der Waals surface area contributed by atoms with E-state index in [0.29, 0.717) is 0 Å². The number of fused-ring (bicyclic) bond motifs is 1. The van der Waals surface area contributed by atoms with Gasteiger partial charge in [-0.1, -0.05) is 0 Å². The Morgan fingerprint density at radius 2 is 2.17 bits per heavy atom. The number of hydrogen-bond acceptors (Lipinski definition) is 4. The number of carbonyl (C=O) groups excluding carboxylic acids is 1. The minimum Gasteiger partial charge on any atom is -0.331 e. The molecule has 2 heterocycles. The Morgan fingerprint density at radius 3 is 2.75 bits per heavy atom. The third-order valence-electron chi connectivity index (χ3n) is 2.22. The number of nitrogens with two attached hydrogens (primary N) is 1. The Balaban J connectivity index is 2.27. The summed E-state index contributed by atoms with van der Waals surface area (Å²) in [4.78, 5) is 10.9. The van der Waals surface area contributed by atoms with E-state index in [4.69, 9.17) is 5.84 Å². The summed E-state index contributed by atoms with van der Waals surface area (Å²) in [5.74, 6) is 5.33. The normalized spacial score (nSPS) is 38.1. The summed E-state index contributed by atoms with van der Waals surface area (Å²) in [5.41, 5.74) is 0. The maximum absolute atomic E-state index is 11.1. The number of urea groups is 1. The molecule has 68 valence electrons. The fraction of sp³-hybridized carbons (Fsp3) is 0.800. The fourth-order valence-electron chi connectivity index (χ4n) is 1.62. The molecule has 2 atom stereocenters. The van der Waals surface area contributed by atoms with E-state index < -0.39 is 9.84 Å². The van der Waals surface area contributed by atoms with E-state index in [9.17, 15) is 13.2 Å². The van der Waals surface area contributed by atoms with Crippen LogP contribution < -0.4 is 11.2 Å². The van der Waals surface area contributed by atoms with Gasteiger partial charge in [0.25, 0.3) is 0 Å². The predicted molar refractivity (Wildman–Crippen MR) is 40.8 cm³/mol. The van der Waals surface area contributed by atoms with Crippen LogP contribution in [-0.2, 0) is 9.84 Å². The topological polar surface area (TPSA) is 92.5 Å². The Labute approximate surface area is 69.6 Å². The van der Waals surface area contributed by atoms with Gasteiger partial charge in [-0.2, -0.15) is 0 Å². The third-order valence-corrected chi connectivity index (χ3v) is 3.94. The highest BCUT2D eigenvalue weighted by Gasteiger charge is 2.47. The largest absolute Gasteiger partial charge is 0.332 e. The van der Waals surface area contributed by atoms with Crippen molar-refractivity contribution in [1.29, 1.82) is 0 Å². The number of sulfone groups is 1. The van der Waals surface area contributed by atoms with Gasteiger partial charge in [0, 0.05) is 0 Å². The zero-order valence-electron chi connectivity index (χ0n) is 6.23. The highest BCUT2D eigenvalue weighted by Crippen LogP contribution is 2.20. The molecule has 0 unspecified atom stereocenters. The molecule has 0 aromatic rings. The molecule has 3 N–H and O–H groups in total. The number of rotatable bonds is 0. The molecule has 0 spiro atoms. The van der Waals surface area contributed by atoms with Gasteiger partial charge < -0.3 is 5.32 Å². The van der Waals surface area contributed by atoms with Crippen LogP contribution in [0.2, 0.25) is 0 Å². The zero-order valence-corrected chi connectivity index (χ0v) is 7.04. The molecule has 0 saturated carbocycles. The minimum atomic E-state index is -3.00. The third kappa shape index (κ3) is 0.969. The van der Waals surface area contributed by atoms with Gasteiger partial charge in [-0.25, -0.2) is 19.1 Å². The molecule has 0 aliphatic carbocycles. The van der Waals surface area contributed by atoms with E-state index >= 15 is 0 Å². The standard InChI is InChI=1S/C5H9N3O3S/c6-8-4-2-12(10,11)1-3(4)7-5(8)9/h3-4H,1-2,6H2,(H,7,9)/t3-,4-/m0/s1. The molecular formula is C5H9N3O3S. The van der Waals surface area contributed by atoms with E-state index in [2.05, 4.69) is 5.32 Å². The molecule has 2 saturated heterocycles. The molecule has 0 aromatic heterocycles. The lowest BCUT2D eigenvalue weighted by molar-refractivity contribution is 0.208. The Morgan fingerprint density at radius 1 is 1.50 bits per heavy atom. The van der Waals surface area contributed by atoms with Crippen molar-refractivity contribution in [3.05, 3.63) is 0 Å². The van der Waals surface area contributed by atoms with Crippen molar-refractivity contribution in [3.63, 3.8) is 0 Å². The van der Waals surface area contributed by atoms with Crippen molar-refractivity contribution in [2.45, 2.75) is 12.1 Å². The van der Waals surface area contributed by atoms with Gasteiger partial charge in [0.1, 0.15) is 0 Å². The lowest BCUT2D eigenvalue weighted by Crippen LogP contribution is -2.42. The summed E-state index contributed by atoms with van der Waals surface area (Å²) in [6.45, 7) is 0. The summed E-state index contributed by atoms with van der Waals surface area (Å²) < 4.78 is 22.1. The van der Waals surface area contributed by atoms with E-state index in [-0.39, 0.29) is 29.6 Å². The first-order valence-corrected chi connectivity index (χ1v) is 5.36. The SMILES string of the molecule is NN1C(=O)N[C@H]2CS(=O)(=O)C[C@@H]21. The summed E-state index contributed by atoms with van der Waals surface area (Å²) in [5, 5.41) is 3.47. The Bertz CT molecular complexity index is 325. The van der Waals surface area contributed by atoms with Crippen molar-refractivity contribution in [2.24, 2.45) is 5.84 Å². The van der Waals surface area contributed by atoms with Crippen LogP contribution in [0.5, 0.6) is 0 Å². The number of carbonyl (C=O) groups is 1. The maximum Gasteiger partial charge on any atom is 0.332 e. The van der Waals surface area contributed by atoms with Crippen molar-refractivity contribution in [3.8, 4) is 0 Å². The van der Waals surface area contributed by atoms with Gasteiger partial charge >= 0.3 is 6.03 Å². The summed E-state index contributed by atoms with van der Waals surface area (Å²) >= 11 is 0. The zero-order chi connectivity index (χ0) is 8.93. The highest BCUT2D eigenvalue weighted by atomic mass is 32.2. The number of nitrogens with one attached hydrogen (secondary N) is 1. The molecule has 2 fully saturated rings. The first kappa shape index (κ1) is 7.81. The number of hydrogen-bond donors (Lipinski definition) is 2. The van der Waals surface area contributed by atoms with Crippen LogP contribution in [0.1, 0.15) is 0 Å². The second-order valence-electron chi connectivity index (χ2n) is 3.11. The number of amides is 2. The van der Waals surface area contributed by atoms with Crippen molar-refractivity contribution >= 4 is 15.9 Å². The summed E-state index contributed by atoms with van der Waals surface area (Å²) in [7, 11) is -3.00. The summed E-state index contributed by atoms with van der Waals surface area (Å²) in [6, 6.07) is -1.07. The van der Waals surface area contributed by atoms with Crippen molar-refractivity contribution < 1.29 is 13.2 Å². The van der Waals surface area contributed by atoms with Crippen molar-refractivity contribution in [2.75, 3.05) is 11.5 Å². The molecule has 0 radical (unpaired) electrons. The second-order valence-corrected chi connectivity index (χ2v) is 5.26. The summed E-state index contributed by atoms with van der Waals surface area (Å²) in [6.07, 6.45) is 0. The molecule has 2 rings (SSSR count). The second kappa shape index (κ2) is 2.11. The van der Waals surface area contributed by atoms with Crippen LogP contribution in [0.25, 0.3) is 0 Å². The average Bonchev–Trinajstić information content (AvgIpc) is 2.33.